The summed E-state index contributed by atoms with van der Waals surface area (Å²) < 4.78 is 4.94. The van der Waals surface area contributed by atoms with E-state index in [1.54, 1.807) is 12.1 Å². The van der Waals surface area contributed by atoms with Crippen molar-refractivity contribution in [2.24, 2.45) is 0 Å². The Bertz CT molecular complexity index is 709. The molecule has 1 heterocycles. The van der Waals surface area contributed by atoms with Crippen molar-refractivity contribution < 1.29 is 14.3 Å². The summed E-state index contributed by atoms with van der Waals surface area (Å²) in [5, 5.41) is 2.71. The third-order valence-corrected chi connectivity index (χ3v) is 4.29. The van der Waals surface area contributed by atoms with E-state index in [1.165, 1.54) is 18.0 Å². The number of carbonyl (C=O) groups excluding carboxylic acids is 2. The molecule has 0 aliphatic rings. The first-order valence-corrected chi connectivity index (χ1v) is 8.17. The van der Waals surface area contributed by atoms with Gasteiger partial charge in [0.25, 0.3) is 5.91 Å². The second kappa shape index (κ2) is 8.55. The van der Waals surface area contributed by atoms with E-state index in [4.69, 9.17) is 16.3 Å². The maximum absolute atomic E-state index is 11.7. The van der Waals surface area contributed by atoms with Crippen LogP contribution in [0.4, 0.5) is 5.69 Å². The van der Waals surface area contributed by atoms with Gasteiger partial charge in [0.1, 0.15) is 0 Å². The van der Waals surface area contributed by atoms with Crippen molar-refractivity contribution in [1.82, 2.24) is 4.98 Å². The summed E-state index contributed by atoms with van der Waals surface area (Å²) in [4.78, 5) is 28.3. The molecule has 0 unspecified atom stereocenters. The lowest BCUT2D eigenvalue weighted by atomic mass is 10.2. The average molecular weight is 351 g/mol. The number of esters is 1. The normalized spacial score (nSPS) is 10.2. The Morgan fingerprint density at radius 3 is 2.78 bits per heavy atom. The van der Waals surface area contributed by atoms with E-state index in [0.29, 0.717) is 5.69 Å². The fraction of sp³-hybridized carbons (Fsp3) is 0.188. The number of aryl methyl sites for hydroxylation is 1. The minimum Gasteiger partial charge on any atom is -0.455 e. The maximum Gasteiger partial charge on any atom is 0.316 e. The van der Waals surface area contributed by atoms with Gasteiger partial charge in [0, 0.05) is 11.1 Å². The summed E-state index contributed by atoms with van der Waals surface area (Å²) in [5.74, 6) is -0.772. The Labute approximate surface area is 143 Å². The predicted molar refractivity (Wildman–Crippen MR) is 90.7 cm³/mol. The maximum atomic E-state index is 11.7. The standard InChI is InChI=1S/C16H15ClN2O3S/c1-11-5-2-3-7-13(11)23-10-15(21)22-9-14(20)19-12-6-4-8-18-16(12)17/h2-8H,9-10H2,1H3,(H,19,20). The Morgan fingerprint density at radius 1 is 1.26 bits per heavy atom. The topological polar surface area (TPSA) is 68.3 Å². The van der Waals surface area contributed by atoms with E-state index < -0.39 is 11.9 Å². The molecule has 1 amide bonds. The molecule has 0 saturated heterocycles. The summed E-state index contributed by atoms with van der Waals surface area (Å²) in [6.07, 6.45) is 1.51. The van der Waals surface area contributed by atoms with Gasteiger partial charge in [0.2, 0.25) is 0 Å². The van der Waals surface area contributed by atoms with Gasteiger partial charge < -0.3 is 10.1 Å². The predicted octanol–water partition coefficient (Wildman–Crippen LogP) is 3.32. The number of nitrogens with zero attached hydrogens (tertiary/aromatic N) is 1. The lowest BCUT2D eigenvalue weighted by molar-refractivity contribution is -0.144. The Morgan fingerprint density at radius 2 is 2.04 bits per heavy atom. The molecule has 0 fully saturated rings. The molecule has 0 radical (unpaired) electrons. The third-order valence-electron chi connectivity index (χ3n) is 2.84. The SMILES string of the molecule is Cc1ccccc1SCC(=O)OCC(=O)Nc1cccnc1Cl. The van der Waals surface area contributed by atoms with Crippen LogP contribution in [-0.4, -0.2) is 29.2 Å². The molecule has 0 aliphatic carbocycles. The van der Waals surface area contributed by atoms with Crippen LogP contribution >= 0.6 is 23.4 Å². The van der Waals surface area contributed by atoms with Gasteiger partial charge in [-0.15, -0.1) is 11.8 Å². The third kappa shape index (κ3) is 5.58. The average Bonchev–Trinajstić information content (AvgIpc) is 2.54. The summed E-state index contributed by atoms with van der Waals surface area (Å²) in [5.41, 5.74) is 1.47. The summed E-state index contributed by atoms with van der Waals surface area (Å²) in [6.45, 7) is 1.61. The van der Waals surface area contributed by atoms with Crippen LogP contribution in [0.1, 0.15) is 5.56 Å². The second-order valence-electron chi connectivity index (χ2n) is 4.60. The number of rotatable bonds is 6. The number of ether oxygens (including phenoxy) is 1. The number of nitrogens with one attached hydrogen (secondary N) is 1. The Balaban J connectivity index is 1.75. The molecule has 2 aromatic rings. The quantitative estimate of drug-likeness (QED) is 0.491. The summed E-state index contributed by atoms with van der Waals surface area (Å²) in [6, 6.07) is 11.0. The molecule has 0 bridgehead atoms. The highest BCUT2D eigenvalue weighted by molar-refractivity contribution is 8.00. The number of hydrogen-bond acceptors (Lipinski definition) is 5. The first-order chi connectivity index (χ1) is 11.1. The highest BCUT2D eigenvalue weighted by atomic mass is 35.5. The van der Waals surface area contributed by atoms with E-state index in [1.807, 2.05) is 31.2 Å². The van der Waals surface area contributed by atoms with Crippen molar-refractivity contribution in [3.63, 3.8) is 0 Å². The number of hydrogen-bond donors (Lipinski definition) is 1. The van der Waals surface area contributed by atoms with Crippen LogP contribution < -0.4 is 5.32 Å². The molecular weight excluding hydrogens is 336 g/mol. The molecule has 0 saturated carbocycles. The van der Waals surface area contributed by atoms with Crippen molar-refractivity contribution in [3.8, 4) is 0 Å². The van der Waals surface area contributed by atoms with Gasteiger partial charge >= 0.3 is 5.97 Å². The van der Waals surface area contributed by atoms with Crippen molar-refractivity contribution in [1.29, 1.82) is 0 Å². The molecule has 0 atom stereocenters. The van der Waals surface area contributed by atoms with Crippen molar-refractivity contribution in [2.75, 3.05) is 17.7 Å². The first kappa shape index (κ1) is 17.3. The first-order valence-electron chi connectivity index (χ1n) is 6.80. The number of anilines is 1. The second-order valence-corrected chi connectivity index (χ2v) is 5.98. The van der Waals surface area contributed by atoms with Crippen molar-refractivity contribution in [3.05, 3.63) is 53.3 Å². The molecule has 5 nitrogen and oxygen atoms in total. The lowest BCUT2D eigenvalue weighted by Gasteiger charge is -2.08. The minimum absolute atomic E-state index is 0.145. The van der Waals surface area contributed by atoms with Gasteiger partial charge in [-0.2, -0.15) is 0 Å². The molecule has 0 spiro atoms. The van der Waals surface area contributed by atoms with Crippen LogP contribution in [0.5, 0.6) is 0 Å². The van der Waals surface area contributed by atoms with Crippen molar-refractivity contribution >= 4 is 40.9 Å². The van der Waals surface area contributed by atoms with Crippen LogP contribution in [0, 0.1) is 6.92 Å². The molecular formula is C16H15ClN2O3S. The van der Waals surface area contributed by atoms with Gasteiger partial charge in [-0.25, -0.2) is 4.98 Å². The number of halogens is 1. The molecule has 1 aromatic heterocycles. The number of pyridine rings is 1. The van der Waals surface area contributed by atoms with E-state index in [0.717, 1.165) is 10.5 Å². The number of amides is 1. The van der Waals surface area contributed by atoms with Crippen LogP contribution in [-0.2, 0) is 14.3 Å². The van der Waals surface area contributed by atoms with Gasteiger partial charge in [0.05, 0.1) is 11.4 Å². The number of carbonyl (C=O) groups is 2. The number of benzene rings is 1. The Hall–Kier alpha value is -2.05. The fourth-order valence-corrected chi connectivity index (χ4v) is 2.70. The van der Waals surface area contributed by atoms with Gasteiger partial charge in [0.15, 0.2) is 11.8 Å². The lowest BCUT2D eigenvalue weighted by Crippen LogP contribution is -2.21. The summed E-state index contributed by atoms with van der Waals surface area (Å²) in [7, 11) is 0. The minimum atomic E-state index is -0.464. The van der Waals surface area contributed by atoms with E-state index >= 15 is 0 Å². The van der Waals surface area contributed by atoms with Gasteiger partial charge in [-0.3, -0.25) is 9.59 Å². The molecule has 7 heteroatoms. The van der Waals surface area contributed by atoms with Crippen LogP contribution in [0.3, 0.4) is 0 Å². The smallest absolute Gasteiger partial charge is 0.316 e. The summed E-state index contributed by atoms with van der Waals surface area (Å²) >= 11 is 7.20. The van der Waals surface area contributed by atoms with Crippen LogP contribution in [0.2, 0.25) is 5.15 Å². The molecule has 120 valence electrons. The zero-order chi connectivity index (χ0) is 16.7. The highest BCUT2D eigenvalue weighted by Gasteiger charge is 2.10. The fourth-order valence-electron chi connectivity index (χ4n) is 1.71. The number of thioether (sulfide) groups is 1. The number of aromatic nitrogens is 1. The zero-order valence-electron chi connectivity index (χ0n) is 12.4. The molecule has 2 rings (SSSR count). The van der Waals surface area contributed by atoms with E-state index in [2.05, 4.69) is 10.3 Å². The molecule has 1 N–H and O–H groups in total. The van der Waals surface area contributed by atoms with Crippen LogP contribution in [0.15, 0.2) is 47.5 Å². The zero-order valence-corrected chi connectivity index (χ0v) is 14.0. The molecule has 0 aliphatic heterocycles. The van der Waals surface area contributed by atoms with Crippen LogP contribution in [0.25, 0.3) is 0 Å². The van der Waals surface area contributed by atoms with E-state index in [-0.39, 0.29) is 17.5 Å². The van der Waals surface area contributed by atoms with Gasteiger partial charge in [-0.05, 0) is 30.7 Å². The Kier molecular flexibility index (Phi) is 6.43. The van der Waals surface area contributed by atoms with Crippen molar-refractivity contribution in [2.45, 2.75) is 11.8 Å². The van der Waals surface area contributed by atoms with Gasteiger partial charge in [-0.1, -0.05) is 29.8 Å². The largest absolute Gasteiger partial charge is 0.455 e. The highest BCUT2D eigenvalue weighted by Crippen LogP contribution is 2.21. The molecule has 1 aromatic carbocycles. The molecule has 23 heavy (non-hydrogen) atoms. The van der Waals surface area contributed by atoms with E-state index in [9.17, 15) is 9.59 Å². The monoisotopic (exact) mass is 350 g/mol.